The zero-order valence-electron chi connectivity index (χ0n) is 16.2. The first-order valence-electron chi connectivity index (χ1n) is 9.91. The zero-order valence-corrected chi connectivity index (χ0v) is 17.0. The number of hydrogen-bond acceptors (Lipinski definition) is 6. The maximum atomic E-state index is 5.77. The van der Waals surface area contributed by atoms with Gasteiger partial charge in [0.1, 0.15) is 0 Å². The van der Waals surface area contributed by atoms with Gasteiger partial charge in [-0.15, -0.1) is 4.37 Å². The lowest BCUT2D eigenvalue weighted by atomic mass is 9.96. The molecule has 0 unspecified atom stereocenters. The van der Waals surface area contributed by atoms with Gasteiger partial charge in [0.05, 0.1) is 24.4 Å². The Morgan fingerprint density at radius 1 is 0.893 bits per heavy atom. The van der Waals surface area contributed by atoms with E-state index in [-0.39, 0.29) is 6.04 Å². The van der Waals surface area contributed by atoms with Crippen LogP contribution in [0.5, 0.6) is 5.88 Å². The number of piperazine rings is 1. The summed E-state index contributed by atoms with van der Waals surface area (Å²) in [5, 5.41) is 0. The SMILES string of the molecule is CCCOc1nsnc1N1CCN(C(c2ccccc2)c2ccccc2)CC1. The average molecular weight is 395 g/mol. The van der Waals surface area contributed by atoms with Gasteiger partial charge in [0.15, 0.2) is 0 Å². The molecule has 2 heterocycles. The molecular formula is C22H26N4OS. The van der Waals surface area contributed by atoms with Crippen LogP contribution in [-0.2, 0) is 0 Å². The molecule has 146 valence electrons. The zero-order chi connectivity index (χ0) is 19.2. The molecule has 0 radical (unpaired) electrons. The van der Waals surface area contributed by atoms with Gasteiger partial charge in [-0.1, -0.05) is 67.6 Å². The lowest BCUT2D eigenvalue weighted by molar-refractivity contribution is 0.211. The maximum Gasteiger partial charge on any atom is 0.270 e. The quantitative estimate of drug-likeness (QED) is 0.600. The Hall–Kier alpha value is -2.44. The first kappa shape index (κ1) is 18.9. The van der Waals surface area contributed by atoms with E-state index in [0.717, 1.165) is 38.4 Å². The van der Waals surface area contributed by atoms with Crippen molar-refractivity contribution < 1.29 is 4.74 Å². The Bertz CT molecular complexity index is 808. The van der Waals surface area contributed by atoms with Crippen molar-refractivity contribution in [3.05, 3.63) is 71.8 Å². The Morgan fingerprint density at radius 2 is 1.50 bits per heavy atom. The van der Waals surface area contributed by atoms with E-state index in [4.69, 9.17) is 4.74 Å². The molecule has 2 aromatic carbocycles. The number of anilines is 1. The molecule has 0 N–H and O–H groups in total. The molecule has 28 heavy (non-hydrogen) atoms. The molecule has 1 aromatic heterocycles. The van der Waals surface area contributed by atoms with E-state index in [1.54, 1.807) is 0 Å². The van der Waals surface area contributed by atoms with E-state index >= 15 is 0 Å². The van der Waals surface area contributed by atoms with Crippen LogP contribution in [0.2, 0.25) is 0 Å². The fourth-order valence-electron chi connectivity index (χ4n) is 3.74. The fraction of sp³-hybridized carbons (Fsp3) is 0.364. The highest BCUT2D eigenvalue weighted by molar-refractivity contribution is 6.99. The lowest BCUT2D eigenvalue weighted by Crippen LogP contribution is -2.48. The molecule has 1 aliphatic heterocycles. The second-order valence-corrected chi connectivity index (χ2v) is 7.52. The number of ether oxygens (including phenoxy) is 1. The lowest BCUT2D eigenvalue weighted by Gasteiger charge is -2.39. The highest BCUT2D eigenvalue weighted by Crippen LogP contribution is 2.32. The molecule has 4 rings (SSSR count). The maximum absolute atomic E-state index is 5.77. The molecule has 0 amide bonds. The molecule has 0 atom stereocenters. The third-order valence-corrected chi connectivity index (χ3v) is 5.60. The Balaban J connectivity index is 1.50. The van der Waals surface area contributed by atoms with Gasteiger partial charge in [-0.25, -0.2) is 0 Å². The first-order chi connectivity index (χ1) is 13.9. The molecule has 1 saturated heterocycles. The number of benzene rings is 2. The second-order valence-electron chi connectivity index (χ2n) is 6.99. The number of aromatic nitrogens is 2. The van der Waals surface area contributed by atoms with Crippen LogP contribution in [0.25, 0.3) is 0 Å². The van der Waals surface area contributed by atoms with Gasteiger partial charge in [-0.3, -0.25) is 4.90 Å². The van der Waals surface area contributed by atoms with Crippen molar-refractivity contribution >= 4 is 17.5 Å². The van der Waals surface area contributed by atoms with Crippen molar-refractivity contribution in [1.82, 2.24) is 13.6 Å². The van der Waals surface area contributed by atoms with Crippen molar-refractivity contribution in [2.45, 2.75) is 19.4 Å². The third kappa shape index (κ3) is 4.18. The third-order valence-electron chi connectivity index (χ3n) is 5.09. The van der Waals surface area contributed by atoms with Gasteiger partial charge < -0.3 is 9.64 Å². The fourth-order valence-corrected chi connectivity index (χ4v) is 4.26. The standard InChI is InChI=1S/C22H26N4OS/c1-2-17-27-22-21(23-28-24-22)26-15-13-25(14-16-26)20(18-9-5-3-6-10-18)19-11-7-4-8-12-19/h3-12,20H,2,13-17H2,1H3. The highest BCUT2D eigenvalue weighted by atomic mass is 32.1. The van der Waals surface area contributed by atoms with Crippen molar-refractivity contribution in [1.29, 1.82) is 0 Å². The van der Waals surface area contributed by atoms with Crippen LogP contribution >= 0.6 is 11.7 Å². The second kappa shape index (κ2) is 9.17. The van der Waals surface area contributed by atoms with Gasteiger partial charge in [-0.05, 0) is 17.5 Å². The molecular weight excluding hydrogens is 368 g/mol. The van der Waals surface area contributed by atoms with E-state index in [2.05, 4.69) is 86.1 Å². The predicted molar refractivity (Wildman–Crippen MR) is 114 cm³/mol. The Morgan fingerprint density at radius 3 is 2.07 bits per heavy atom. The van der Waals surface area contributed by atoms with Gasteiger partial charge in [-0.2, -0.15) is 4.37 Å². The molecule has 0 saturated carbocycles. The number of rotatable bonds is 7. The van der Waals surface area contributed by atoms with Crippen molar-refractivity contribution in [3.8, 4) is 5.88 Å². The summed E-state index contributed by atoms with van der Waals surface area (Å²) in [4.78, 5) is 4.87. The van der Waals surface area contributed by atoms with Crippen LogP contribution in [0.3, 0.4) is 0 Å². The summed E-state index contributed by atoms with van der Waals surface area (Å²) in [7, 11) is 0. The van der Waals surface area contributed by atoms with Crippen molar-refractivity contribution in [3.63, 3.8) is 0 Å². The van der Waals surface area contributed by atoms with Crippen LogP contribution in [-0.4, -0.2) is 46.4 Å². The van der Waals surface area contributed by atoms with Gasteiger partial charge >= 0.3 is 0 Å². The van der Waals surface area contributed by atoms with Crippen LogP contribution in [0.4, 0.5) is 5.82 Å². The van der Waals surface area contributed by atoms with Crippen molar-refractivity contribution in [2.75, 3.05) is 37.7 Å². The molecule has 1 fully saturated rings. The first-order valence-corrected chi connectivity index (χ1v) is 10.6. The van der Waals surface area contributed by atoms with E-state index in [1.165, 1.54) is 22.9 Å². The molecule has 6 heteroatoms. The van der Waals surface area contributed by atoms with Crippen LogP contribution in [0.15, 0.2) is 60.7 Å². The number of hydrogen-bond donors (Lipinski definition) is 0. The summed E-state index contributed by atoms with van der Waals surface area (Å²) in [6.45, 7) is 6.57. The van der Waals surface area contributed by atoms with Crippen LogP contribution in [0.1, 0.15) is 30.5 Å². The molecule has 0 bridgehead atoms. The Kier molecular flexibility index (Phi) is 6.19. The minimum Gasteiger partial charge on any atom is -0.474 e. The molecule has 0 spiro atoms. The molecule has 5 nitrogen and oxygen atoms in total. The van der Waals surface area contributed by atoms with E-state index in [1.807, 2.05) is 0 Å². The summed E-state index contributed by atoms with van der Waals surface area (Å²) >= 11 is 1.23. The van der Waals surface area contributed by atoms with E-state index < -0.39 is 0 Å². The number of nitrogens with zero attached hydrogens (tertiary/aromatic N) is 4. The van der Waals surface area contributed by atoms with Gasteiger partial charge in [0.2, 0.25) is 5.82 Å². The summed E-state index contributed by atoms with van der Waals surface area (Å²) in [6, 6.07) is 21.8. The minimum atomic E-state index is 0.272. The van der Waals surface area contributed by atoms with E-state index in [0.29, 0.717) is 12.5 Å². The van der Waals surface area contributed by atoms with Crippen LogP contribution in [0, 0.1) is 0 Å². The van der Waals surface area contributed by atoms with Gasteiger partial charge in [0.25, 0.3) is 5.88 Å². The summed E-state index contributed by atoms with van der Waals surface area (Å²) in [5.74, 6) is 1.58. The Labute approximate surface area is 170 Å². The minimum absolute atomic E-state index is 0.272. The summed E-state index contributed by atoms with van der Waals surface area (Å²) in [5.41, 5.74) is 2.67. The topological polar surface area (TPSA) is 41.5 Å². The van der Waals surface area contributed by atoms with Crippen LogP contribution < -0.4 is 9.64 Å². The predicted octanol–water partition coefficient (Wildman–Crippen LogP) is 4.24. The summed E-state index contributed by atoms with van der Waals surface area (Å²) in [6.07, 6.45) is 0.973. The monoisotopic (exact) mass is 394 g/mol. The van der Waals surface area contributed by atoms with Gasteiger partial charge in [0, 0.05) is 26.2 Å². The molecule has 3 aromatic rings. The average Bonchev–Trinajstić information content (AvgIpc) is 3.23. The normalized spacial score (nSPS) is 15.1. The largest absolute Gasteiger partial charge is 0.474 e. The highest BCUT2D eigenvalue weighted by Gasteiger charge is 2.28. The molecule has 0 aliphatic carbocycles. The van der Waals surface area contributed by atoms with E-state index in [9.17, 15) is 0 Å². The summed E-state index contributed by atoms with van der Waals surface area (Å²) < 4.78 is 14.6. The van der Waals surface area contributed by atoms with Crippen molar-refractivity contribution in [2.24, 2.45) is 0 Å². The molecule has 1 aliphatic rings. The smallest absolute Gasteiger partial charge is 0.270 e.